The number of benzene rings is 2. The first-order valence-corrected chi connectivity index (χ1v) is 8.18. The van der Waals surface area contributed by atoms with Crippen molar-refractivity contribution in [3.63, 3.8) is 0 Å². The standard InChI is InChI=1S/C18H16BrNO/c19-16-6-5-13-9-15(10-14(13)11-16)18(21)20-8-7-12-3-1-2-4-17(12)20/h1-6,11,15H,7-10H2/t15-/m0/s1. The molecule has 0 aromatic heterocycles. The van der Waals surface area contributed by atoms with Gasteiger partial charge in [-0.3, -0.25) is 4.79 Å². The van der Waals surface area contributed by atoms with E-state index in [2.05, 4.69) is 52.3 Å². The molecule has 1 heterocycles. The lowest BCUT2D eigenvalue weighted by Crippen LogP contribution is -2.35. The minimum atomic E-state index is 0.0976. The Bertz CT molecular complexity index is 725. The van der Waals surface area contributed by atoms with Crippen molar-refractivity contribution in [1.29, 1.82) is 0 Å². The number of rotatable bonds is 1. The zero-order valence-corrected chi connectivity index (χ0v) is 13.3. The molecule has 1 aliphatic heterocycles. The topological polar surface area (TPSA) is 20.3 Å². The molecule has 1 aliphatic carbocycles. The Balaban J connectivity index is 1.58. The minimum Gasteiger partial charge on any atom is -0.312 e. The van der Waals surface area contributed by atoms with Crippen molar-refractivity contribution < 1.29 is 4.79 Å². The predicted molar refractivity (Wildman–Crippen MR) is 87.5 cm³/mol. The maximum Gasteiger partial charge on any atom is 0.230 e. The van der Waals surface area contributed by atoms with Crippen LogP contribution in [0.2, 0.25) is 0 Å². The third-order valence-corrected chi connectivity index (χ3v) is 5.10. The van der Waals surface area contributed by atoms with Gasteiger partial charge in [0.05, 0.1) is 0 Å². The van der Waals surface area contributed by atoms with Crippen LogP contribution in [0.4, 0.5) is 5.69 Å². The van der Waals surface area contributed by atoms with Crippen molar-refractivity contribution in [1.82, 2.24) is 0 Å². The van der Waals surface area contributed by atoms with Crippen molar-refractivity contribution >= 4 is 27.5 Å². The molecule has 0 fully saturated rings. The normalized spacial score (nSPS) is 19.5. The van der Waals surface area contributed by atoms with Gasteiger partial charge in [0.15, 0.2) is 0 Å². The van der Waals surface area contributed by atoms with E-state index in [9.17, 15) is 4.79 Å². The molecule has 3 heteroatoms. The molecular formula is C18H16BrNO. The molecule has 2 aromatic carbocycles. The molecule has 0 unspecified atom stereocenters. The summed E-state index contributed by atoms with van der Waals surface area (Å²) < 4.78 is 1.10. The van der Waals surface area contributed by atoms with E-state index in [1.54, 1.807) is 0 Å². The zero-order valence-electron chi connectivity index (χ0n) is 11.7. The molecule has 0 spiro atoms. The van der Waals surface area contributed by atoms with Gasteiger partial charge in [0.1, 0.15) is 0 Å². The molecule has 106 valence electrons. The Kier molecular flexibility index (Phi) is 3.11. The minimum absolute atomic E-state index is 0.0976. The van der Waals surface area contributed by atoms with Gasteiger partial charge in [-0.2, -0.15) is 0 Å². The van der Waals surface area contributed by atoms with Crippen LogP contribution in [-0.4, -0.2) is 12.5 Å². The van der Waals surface area contributed by atoms with E-state index in [0.29, 0.717) is 0 Å². The summed E-state index contributed by atoms with van der Waals surface area (Å²) in [5.41, 5.74) is 5.04. The first kappa shape index (κ1) is 13.1. The summed E-state index contributed by atoms with van der Waals surface area (Å²) in [4.78, 5) is 14.9. The van der Waals surface area contributed by atoms with Crippen LogP contribution in [0.25, 0.3) is 0 Å². The first-order valence-electron chi connectivity index (χ1n) is 7.39. The van der Waals surface area contributed by atoms with E-state index in [1.807, 2.05) is 11.0 Å². The van der Waals surface area contributed by atoms with Crippen LogP contribution in [0.5, 0.6) is 0 Å². The molecule has 4 rings (SSSR count). The summed E-state index contributed by atoms with van der Waals surface area (Å²) in [6, 6.07) is 14.6. The number of carbonyl (C=O) groups excluding carboxylic acids is 1. The summed E-state index contributed by atoms with van der Waals surface area (Å²) in [6.07, 6.45) is 2.72. The maximum atomic E-state index is 12.9. The van der Waals surface area contributed by atoms with Gasteiger partial charge < -0.3 is 4.90 Å². The summed E-state index contributed by atoms with van der Waals surface area (Å²) in [6.45, 7) is 0.828. The van der Waals surface area contributed by atoms with Crippen LogP contribution in [0, 0.1) is 5.92 Å². The summed E-state index contributed by atoms with van der Waals surface area (Å²) in [5, 5.41) is 0. The number of carbonyl (C=O) groups is 1. The third kappa shape index (κ3) is 2.20. The molecule has 1 atom stereocenters. The summed E-state index contributed by atoms with van der Waals surface area (Å²) in [7, 11) is 0. The van der Waals surface area contributed by atoms with Crippen molar-refractivity contribution in [2.24, 2.45) is 5.92 Å². The molecule has 2 aromatic rings. The van der Waals surface area contributed by atoms with E-state index in [4.69, 9.17) is 0 Å². The van der Waals surface area contributed by atoms with Gasteiger partial charge in [-0.25, -0.2) is 0 Å². The van der Waals surface area contributed by atoms with Gasteiger partial charge in [0.25, 0.3) is 0 Å². The van der Waals surface area contributed by atoms with E-state index in [-0.39, 0.29) is 11.8 Å². The highest BCUT2D eigenvalue weighted by atomic mass is 79.9. The van der Waals surface area contributed by atoms with Crippen molar-refractivity contribution in [2.45, 2.75) is 19.3 Å². The molecule has 0 saturated heterocycles. The number of halogens is 1. The number of fused-ring (bicyclic) bond motifs is 2. The van der Waals surface area contributed by atoms with Crippen molar-refractivity contribution in [2.75, 3.05) is 11.4 Å². The zero-order chi connectivity index (χ0) is 14.4. The lowest BCUT2D eigenvalue weighted by molar-refractivity contribution is -0.122. The lowest BCUT2D eigenvalue weighted by atomic mass is 10.0. The Labute approximate surface area is 132 Å². The van der Waals surface area contributed by atoms with E-state index in [0.717, 1.165) is 36.0 Å². The summed E-state index contributed by atoms with van der Waals surface area (Å²) >= 11 is 3.51. The summed E-state index contributed by atoms with van der Waals surface area (Å²) in [5.74, 6) is 0.382. The highest BCUT2D eigenvalue weighted by Crippen LogP contribution is 2.34. The Hall–Kier alpha value is -1.61. The van der Waals surface area contributed by atoms with Crippen LogP contribution < -0.4 is 4.90 Å². The van der Waals surface area contributed by atoms with Gasteiger partial charge in [-0.1, -0.05) is 40.2 Å². The predicted octanol–water partition coefficient (Wildman–Crippen LogP) is 3.75. The Morgan fingerprint density at radius 1 is 1.05 bits per heavy atom. The van der Waals surface area contributed by atoms with Crippen LogP contribution in [-0.2, 0) is 24.1 Å². The van der Waals surface area contributed by atoms with E-state index >= 15 is 0 Å². The molecule has 0 bridgehead atoms. The van der Waals surface area contributed by atoms with Crippen LogP contribution >= 0.6 is 15.9 Å². The molecule has 1 amide bonds. The first-order chi connectivity index (χ1) is 10.2. The smallest absolute Gasteiger partial charge is 0.230 e. The fourth-order valence-corrected chi connectivity index (χ4v) is 3.96. The maximum absolute atomic E-state index is 12.9. The number of hydrogen-bond donors (Lipinski definition) is 0. The molecule has 0 radical (unpaired) electrons. The van der Waals surface area contributed by atoms with E-state index < -0.39 is 0 Å². The van der Waals surface area contributed by atoms with E-state index in [1.165, 1.54) is 16.7 Å². The van der Waals surface area contributed by atoms with Crippen molar-refractivity contribution in [3.05, 3.63) is 63.6 Å². The highest BCUT2D eigenvalue weighted by Gasteiger charge is 2.33. The third-order valence-electron chi connectivity index (χ3n) is 4.60. The SMILES string of the molecule is O=C([C@H]1Cc2ccc(Br)cc2C1)N1CCc2ccccc21. The van der Waals surface area contributed by atoms with Gasteiger partial charge in [-0.05, 0) is 54.2 Å². The molecule has 2 nitrogen and oxygen atoms in total. The molecule has 0 saturated carbocycles. The van der Waals surface area contributed by atoms with Crippen LogP contribution in [0.15, 0.2) is 46.9 Å². The second-order valence-corrected chi connectivity index (χ2v) is 6.80. The van der Waals surface area contributed by atoms with Crippen LogP contribution in [0.1, 0.15) is 16.7 Å². The molecule has 2 aliphatic rings. The van der Waals surface area contributed by atoms with Gasteiger partial charge >= 0.3 is 0 Å². The van der Waals surface area contributed by atoms with Crippen molar-refractivity contribution in [3.8, 4) is 0 Å². The van der Waals surface area contributed by atoms with Crippen LogP contribution in [0.3, 0.4) is 0 Å². The fraction of sp³-hybridized carbons (Fsp3) is 0.278. The highest BCUT2D eigenvalue weighted by molar-refractivity contribution is 9.10. The average Bonchev–Trinajstić information content (AvgIpc) is 3.09. The molecule has 0 N–H and O–H groups in total. The number of hydrogen-bond acceptors (Lipinski definition) is 1. The molecule has 21 heavy (non-hydrogen) atoms. The quantitative estimate of drug-likeness (QED) is 0.773. The largest absolute Gasteiger partial charge is 0.312 e. The number of amides is 1. The molecular weight excluding hydrogens is 326 g/mol. The second kappa shape index (κ2) is 4.99. The lowest BCUT2D eigenvalue weighted by Gasteiger charge is -2.21. The Morgan fingerprint density at radius 2 is 1.86 bits per heavy atom. The number of nitrogens with zero attached hydrogens (tertiary/aromatic N) is 1. The number of anilines is 1. The number of para-hydroxylation sites is 1. The van der Waals surface area contributed by atoms with Gasteiger partial charge in [0.2, 0.25) is 5.91 Å². The fourth-order valence-electron chi connectivity index (χ4n) is 3.55. The second-order valence-electron chi connectivity index (χ2n) is 5.89. The van der Waals surface area contributed by atoms with Gasteiger partial charge in [-0.15, -0.1) is 0 Å². The average molecular weight is 342 g/mol. The monoisotopic (exact) mass is 341 g/mol. The van der Waals surface area contributed by atoms with Gasteiger partial charge in [0, 0.05) is 22.6 Å². The Morgan fingerprint density at radius 3 is 2.76 bits per heavy atom.